The maximum absolute atomic E-state index is 12.4. The van der Waals surface area contributed by atoms with Gasteiger partial charge in [0.1, 0.15) is 11.5 Å². The molecule has 32 heavy (non-hydrogen) atoms. The van der Waals surface area contributed by atoms with Crippen molar-refractivity contribution in [1.29, 1.82) is 0 Å². The maximum Gasteiger partial charge on any atom is 0.321 e. The van der Waals surface area contributed by atoms with Crippen molar-refractivity contribution >= 4 is 48.1 Å². The van der Waals surface area contributed by atoms with Gasteiger partial charge in [0.15, 0.2) is 0 Å². The second-order valence-electron chi connectivity index (χ2n) is 7.14. The molecule has 4 rings (SSSR count). The summed E-state index contributed by atoms with van der Waals surface area (Å²) < 4.78 is 5.92. The van der Waals surface area contributed by atoms with E-state index in [-0.39, 0.29) is 30.8 Å². The summed E-state index contributed by atoms with van der Waals surface area (Å²) in [5, 5.41) is 3.58. The Balaban J connectivity index is 0.00000181. The van der Waals surface area contributed by atoms with Crippen LogP contribution >= 0.6 is 36.4 Å². The summed E-state index contributed by atoms with van der Waals surface area (Å²) in [5.74, 6) is 1.55. The summed E-state index contributed by atoms with van der Waals surface area (Å²) in [4.78, 5) is 20.6. The first-order valence-electron chi connectivity index (χ1n) is 9.86. The molecule has 2 aromatic carbocycles. The molecule has 1 N–H and O–H groups in total. The fourth-order valence-electron chi connectivity index (χ4n) is 3.35. The minimum Gasteiger partial charge on any atom is -0.457 e. The molecule has 170 valence electrons. The first-order chi connectivity index (χ1) is 14.7. The molecule has 6 nitrogen and oxygen atoms in total. The molecule has 0 saturated carbocycles. The van der Waals surface area contributed by atoms with Crippen molar-refractivity contribution in [2.45, 2.75) is 6.54 Å². The van der Waals surface area contributed by atoms with E-state index in [0.717, 1.165) is 31.1 Å². The van der Waals surface area contributed by atoms with Crippen LogP contribution < -0.4 is 10.1 Å². The van der Waals surface area contributed by atoms with Crippen molar-refractivity contribution in [3.05, 3.63) is 83.6 Å². The van der Waals surface area contributed by atoms with Gasteiger partial charge in [-0.05, 0) is 54.1 Å². The van der Waals surface area contributed by atoms with Crippen LogP contribution in [0.4, 0.5) is 10.5 Å². The largest absolute Gasteiger partial charge is 0.457 e. The van der Waals surface area contributed by atoms with E-state index >= 15 is 0 Å². The summed E-state index contributed by atoms with van der Waals surface area (Å²) in [7, 11) is 0. The molecule has 0 radical (unpaired) electrons. The van der Waals surface area contributed by atoms with E-state index in [1.54, 1.807) is 18.5 Å². The number of anilines is 1. The normalized spacial score (nSPS) is 13.5. The fourth-order valence-corrected chi connectivity index (χ4v) is 3.48. The van der Waals surface area contributed by atoms with E-state index in [9.17, 15) is 4.79 Å². The minimum atomic E-state index is -0.0824. The highest BCUT2D eigenvalue weighted by Crippen LogP contribution is 2.24. The number of nitrogens with one attached hydrogen (secondary N) is 1. The van der Waals surface area contributed by atoms with Crippen molar-refractivity contribution in [3.63, 3.8) is 0 Å². The van der Waals surface area contributed by atoms with Gasteiger partial charge in [-0.3, -0.25) is 9.88 Å². The van der Waals surface area contributed by atoms with Crippen LogP contribution in [0, 0.1) is 0 Å². The Morgan fingerprint density at radius 3 is 2.41 bits per heavy atom. The van der Waals surface area contributed by atoms with E-state index in [1.807, 2.05) is 47.4 Å². The van der Waals surface area contributed by atoms with Gasteiger partial charge < -0.3 is 15.0 Å². The summed E-state index contributed by atoms with van der Waals surface area (Å²) in [6, 6.07) is 19.0. The predicted octanol–water partition coefficient (Wildman–Crippen LogP) is 5.72. The molecule has 0 aliphatic carbocycles. The standard InChI is InChI=1S/C23H23ClN4O2.2ClH/c24-19-6-8-21(9-7-19)30-22-5-1-3-18(15-22)17-27-11-13-28(14-12-27)23(29)26-20-4-2-10-25-16-20;;/h1-10,15-16H,11-14,17H2,(H,26,29);2*1H. The van der Waals surface area contributed by atoms with Gasteiger partial charge >= 0.3 is 6.03 Å². The topological polar surface area (TPSA) is 57.7 Å². The Bertz CT molecular complexity index is 982. The van der Waals surface area contributed by atoms with Gasteiger partial charge in [0.05, 0.1) is 11.9 Å². The van der Waals surface area contributed by atoms with Gasteiger partial charge in [0.25, 0.3) is 0 Å². The molecule has 3 aromatic rings. The SMILES string of the molecule is Cl.Cl.O=C(Nc1cccnc1)N1CCN(Cc2cccc(Oc3ccc(Cl)cc3)c2)CC1. The molecule has 2 amide bonds. The van der Waals surface area contributed by atoms with Crippen LogP contribution in [-0.4, -0.2) is 47.0 Å². The minimum absolute atomic E-state index is 0. The summed E-state index contributed by atoms with van der Waals surface area (Å²) in [6.07, 6.45) is 3.33. The number of piperazine rings is 1. The molecule has 9 heteroatoms. The van der Waals surface area contributed by atoms with Crippen molar-refractivity contribution in [3.8, 4) is 11.5 Å². The number of ether oxygens (including phenoxy) is 1. The Labute approximate surface area is 205 Å². The van der Waals surface area contributed by atoms with Crippen molar-refractivity contribution in [2.24, 2.45) is 0 Å². The van der Waals surface area contributed by atoms with Gasteiger partial charge in [0.2, 0.25) is 0 Å². The highest BCUT2D eigenvalue weighted by molar-refractivity contribution is 6.30. The van der Waals surface area contributed by atoms with Crippen LogP contribution in [0.3, 0.4) is 0 Å². The number of rotatable bonds is 5. The van der Waals surface area contributed by atoms with Crippen molar-refractivity contribution < 1.29 is 9.53 Å². The average molecular weight is 496 g/mol. The van der Waals surface area contributed by atoms with E-state index in [1.165, 1.54) is 5.56 Å². The molecular formula is C23H25Cl3N4O2. The van der Waals surface area contributed by atoms with Gasteiger partial charge in [-0.25, -0.2) is 4.79 Å². The third-order valence-corrected chi connectivity index (χ3v) is 5.18. The number of carbonyl (C=O) groups is 1. The molecular weight excluding hydrogens is 471 g/mol. The summed E-state index contributed by atoms with van der Waals surface area (Å²) in [6.45, 7) is 3.83. The van der Waals surface area contributed by atoms with Crippen LogP contribution in [0.2, 0.25) is 5.02 Å². The maximum atomic E-state index is 12.4. The first-order valence-corrected chi connectivity index (χ1v) is 10.2. The summed E-state index contributed by atoms with van der Waals surface area (Å²) >= 11 is 5.93. The molecule has 1 aromatic heterocycles. The Morgan fingerprint density at radius 2 is 1.72 bits per heavy atom. The molecule has 1 aliphatic rings. The predicted molar refractivity (Wildman–Crippen MR) is 133 cm³/mol. The molecule has 1 saturated heterocycles. The van der Waals surface area contributed by atoms with E-state index in [0.29, 0.717) is 23.8 Å². The smallest absolute Gasteiger partial charge is 0.321 e. The molecule has 1 aliphatic heterocycles. The quantitative estimate of drug-likeness (QED) is 0.492. The number of carbonyl (C=O) groups excluding carboxylic acids is 1. The zero-order valence-electron chi connectivity index (χ0n) is 17.3. The fraction of sp³-hybridized carbons (Fsp3) is 0.217. The molecule has 1 fully saturated rings. The number of halogens is 3. The molecule has 2 heterocycles. The first kappa shape index (κ1) is 25.7. The Morgan fingerprint density at radius 1 is 0.969 bits per heavy atom. The summed E-state index contributed by atoms with van der Waals surface area (Å²) in [5.41, 5.74) is 1.89. The number of benzene rings is 2. The van der Waals surface area contributed by atoms with E-state index in [4.69, 9.17) is 16.3 Å². The molecule has 0 unspecified atom stereocenters. The van der Waals surface area contributed by atoms with Crippen LogP contribution in [0.25, 0.3) is 0 Å². The number of nitrogens with zero attached hydrogens (tertiary/aromatic N) is 3. The monoisotopic (exact) mass is 494 g/mol. The lowest BCUT2D eigenvalue weighted by molar-refractivity contribution is 0.143. The van der Waals surface area contributed by atoms with E-state index in [2.05, 4.69) is 27.3 Å². The number of aromatic nitrogens is 1. The van der Waals surface area contributed by atoms with Crippen LogP contribution in [0.1, 0.15) is 5.56 Å². The third kappa shape index (κ3) is 7.28. The number of pyridine rings is 1. The van der Waals surface area contributed by atoms with Gasteiger partial charge in [0, 0.05) is 43.9 Å². The second-order valence-corrected chi connectivity index (χ2v) is 7.57. The second kappa shape index (κ2) is 12.5. The van der Waals surface area contributed by atoms with Crippen LogP contribution in [-0.2, 0) is 6.54 Å². The zero-order valence-corrected chi connectivity index (χ0v) is 19.7. The molecule has 0 spiro atoms. The lowest BCUT2D eigenvalue weighted by Crippen LogP contribution is -2.49. The van der Waals surface area contributed by atoms with Gasteiger partial charge in [-0.1, -0.05) is 23.7 Å². The zero-order chi connectivity index (χ0) is 20.8. The lowest BCUT2D eigenvalue weighted by atomic mass is 10.2. The number of urea groups is 1. The lowest BCUT2D eigenvalue weighted by Gasteiger charge is -2.34. The van der Waals surface area contributed by atoms with Crippen LogP contribution in [0.5, 0.6) is 11.5 Å². The Hall–Kier alpha value is -2.51. The highest BCUT2D eigenvalue weighted by Gasteiger charge is 2.21. The van der Waals surface area contributed by atoms with E-state index < -0.39 is 0 Å². The third-order valence-electron chi connectivity index (χ3n) is 4.93. The molecule has 0 bridgehead atoms. The van der Waals surface area contributed by atoms with Gasteiger partial charge in [-0.15, -0.1) is 24.8 Å². The number of amides is 2. The number of hydrogen-bond acceptors (Lipinski definition) is 4. The molecule has 0 atom stereocenters. The average Bonchev–Trinajstić information content (AvgIpc) is 2.77. The van der Waals surface area contributed by atoms with Crippen LogP contribution in [0.15, 0.2) is 73.1 Å². The van der Waals surface area contributed by atoms with Crippen molar-refractivity contribution in [1.82, 2.24) is 14.8 Å². The highest BCUT2D eigenvalue weighted by atomic mass is 35.5. The van der Waals surface area contributed by atoms with Crippen molar-refractivity contribution in [2.75, 3.05) is 31.5 Å². The number of hydrogen-bond donors (Lipinski definition) is 1. The van der Waals surface area contributed by atoms with Gasteiger partial charge in [-0.2, -0.15) is 0 Å². The Kier molecular flexibility index (Phi) is 10.1.